The van der Waals surface area contributed by atoms with E-state index in [0.29, 0.717) is 17.8 Å². The fourth-order valence-corrected chi connectivity index (χ4v) is 4.59. The molecule has 0 aliphatic rings. The Morgan fingerprint density at radius 1 is 0.829 bits per heavy atom. The van der Waals surface area contributed by atoms with Crippen LogP contribution in [0.3, 0.4) is 0 Å². The van der Waals surface area contributed by atoms with Crippen molar-refractivity contribution >= 4 is 11.4 Å². The van der Waals surface area contributed by atoms with Gasteiger partial charge in [-0.15, -0.1) is 0 Å². The van der Waals surface area contributed by atoms with Crippen LogP contribution in [0.4, 0.5) is 11.4 Å². The highest BCUT2D eigenvalue weighted by molar-refractivity contribution is 5.64. The molecular formula is C29H51N4O2+. The number of benzene rings is 1. The molecule has 1 rings (SSSR count). The lowest BCUT2D eigenvalue weighted by Crippen LogP contribution is -2.43. The van der Waals surface area contributed by atoms with E-state index in [1.54, 1.807) is 12.1 Å². The number of nitriles is 1. The predicted octanol–water partition coefficient (Wildman–Crippen LogP) is 8.22. The molecule has 6 heteroatoms. The third-order valence-corrected chi connectivity index (χ3v) is 6.97. The number of hydrogen-bond acceptors (Lipinski definition) is 4. The minimum atomic E-state index is -0.431. The van der Waals surface area contributed by atoms with Crippen LogP contribution >= 0.6 is 0 Å². The first-order chi connectivity index (χ1) is 16.9. The fourth-order valence-electron chi connectivity index (χ4n) is 4.59. The number of hydrogen-bond donors (Lipinski definition) is 1. The van der Waals surface area contributed by atoms with Gasteiger partial charge < -0.3 is 9.80 Å². The normalized spacial score (nSPS) is 11.4. The van der Waals surface area contributed by atoms with Crippen LogP contribution in [0.15, 0.2) is 18.2 Å². The molecule has 0 saturated carbocycles. The molecule has 0 atom stereocenters. The van der Waals surface area contributed by atoms with Crippen molar-refractivity contribution in [2.24, 2.45) is 0 Å². The standard InChI is InChI=1S/C29H51N4O2/c1-4-5-6-7-8-9-10-11-12-13-14-15-16-17-18-19-23-33(2,3)24-22-31-28-21-20-27(26-30)25-29(28)32(34)35/h20-21,25,31H,4-19,22-24H2,1-3H3/q+1. The average molecular weight is 488 g/mol. The molecule has 0 saturated heterocycles. The lowest BCUT2D eigenvalue weighted by atomic mass is 10.0. The Morgan fingerprint density at radius 2 is 1.31 bits per heavy atom. The third kappa shape index (κ3) is 15.5. The summed E-state index contributed by atoms with van der Waals surface area (Å²) in [6, 6.07) is 6.54. The van der Waals surface area contributed by atoms with Gasteiger partial charge in [-0.2, -0.15) is 5.26 Å². The zero-order chi connectivity index (χ0) is 25.8. The Kier molecular flexibility index (Phi) is 16.9. The predicted molar refractivity (Wildman–Crippen MR) is 148 cm³/mol. The number of quaternary nitrogens is 1. The molecule has 6 nitrogen and oxygen atoms in total. The molecule has 1 N–H and O–H groups in total. The van der Waals surface area contributed by atoms with Gasteiger partial charge in [0.05, 0.1) is 50.3 Å². The van der Waals surface area contributed by atoms with E-state index >= 15 is 0 Å². The van der Waals surface area contributed by atoms with Crippen molar-refractivity contribution in [3.8, 4) is 6.07 Å². The quantitative estimate of drug-likeness (QED) is 0.0773. The van der Waals surface area contributed by atoms with E-state index in [-0.39, 0.29) is 5.69 Å². The number of anilines is 1. The monoisotopic (exact) mass is 487 g/mol. The summed E-state index contributed by atoms with van der Waals surface area (Å²) in [5, 5.41) is 23.4. The van der Waals surface area contributed by atoms with Crippen LogP contribution in [0, 0.1) is 21.4 Å². The zero-order valence-electron chi connectivity index (χ0n) is 22.8. The second-order valence-electron chi connectivity index (χ2n) is 10.7. The van der Waals surface area contributed by atoms with Gasteiger partial charge in [0.15, 0.2) is 0 Å². The molecule has 0 aliphatic heterocycles. The summed E-state index contributed by atoms with van der Waals surface area (Å²) < 4.78 is 0.898. The van der Waals surface area contributed by atoms with Gasteiger partial charge in [-0.1, -0.05) is 96.8 Å². The van der Waals surface area contributed by atoms with Gasteiger partial charge >= 0.3 is 0 Å². The van der Waals surface area contributed by atoms with E-state index in [4.69, 9.17) is 5.26 Å². The lowest BCUT2D eigenvalue weighted by Gasteiger charge is -2.30. The molecule has 198 valence electrons. The molecule has 0 bridgehead atoms. The largest absolute Gasteiger partial charge is 0.374 e. The maximum absolute atomic E-state index is 11.3. The molecule has 1 aromatic rings. The average Bonchev–Trinajstić information content (AvgIpc) is 2.83. The number of likely N-dealkylation sites (N-methyl/N-ethyl adjacent to an activating group) is 1. The molecule has 0 amide bonds. The number of nitrogens with one attached hydrogen (secondary N) is 1. The van der Waals surface area contributed by atoms with Crippen molar-refractivity contribution < 1.29 is 9.41 Å². The molecule has 0 radical (unpaired) electrons. The summed E-state index contributed by atoms with van der Waals surface area (Å²) in [6.07, 6.45) is 22.1. The topological polar surface area (TPSA) is 79.0 Å². The number of nitro groups is 1. The Labute approximate surface area is 214 Å². The highest BCUT2D eigenvalue weighted by Gasteiger charge is 2.17. The maximum atomic E-state index is 11.3. The van der Waals surface area contributed by atoms with Crippen LogP contribution in [0.5, 0.6) is 0 Å². The highest BCUT2D eigenvalue weighted by atomic mass is 16.6. The smallest absolute Gasteiger partial charge is 0.293 e. The SMILES string of the molecule is CCCCCCCCCCCCCCCCCC[N+](C)(C)CCNc1ccc(C#N)cc1[N+](=O)[O-]. The minimum absolute atomic E-state index is 0.0350. The summed E-state index contributed by atoms with van der Waals surface area (Å²) in [4.78, 5) is 10.8. The molecule has 0 aromatic heterocycles. The van der Waals surface area contributed by atoms with Crippen LogP contribution < -0.4 is 5.32 Å². The van der Waals surface area contributed by atoms with Gasteiger partial charge in [-0.3, -0.25) is 10.1 Å². The third-order valence-electron chi connectivity index (χ3n) is 6.97. The molecule has 35 heavy (non-hydrogen) atoms. The molecule has 0 fully saturated rings. The van der Waals surface area contributed by atoms with Gasteiger partial charge in [-0.25, -0.2) is 0 Å². The number of rotatable bonds is 22. The van der Waals surface area contributed by atoms with Crippen molar-refractivity contribution in [3.63, 3.8) is 0 Å². The van der Waals surface area contributed by atoms with Crippen LogP contribution in [0.1, 0.15) is 115 Å². The Hall–Kier alpha value is -2.13. The van der Waals surface area contributed by atoms with Gasteiger partial charge in [0.2, 0.25) is 0 Å². The first-order valence-corrected chi connectivity index (χ1v) is 14.1. The Balaban J connectivity index is 2.02. The van der Waals surface area contributed by atoms with Gasteiger partial charge in [0, 0.05) is 6.07 Å². The van der Waals surface area contributed by atoms with E-state index in [1.807, 2.05) is 6.07 Å². The highest BCUT2D eigenvalue weighted by Crippen LogP contribution is 2.25. The van der Waals surface area contributed by atoms with Crippen LogP contribution in [-0.2, 0) is 0 Å². The van der Waals surface area contributed by atoms with E-state index < -0.39 is 4.92 Å². The maximum Gasteiger partial charge on any atom is 0.293 e. The van der Waals surface area contributed by atoms with Crippen molar-refractivity contribution in [3.05, 3.63) is 33.9 Å². The Bertz CT molecular complexity index is 743. The van der Waals surface area contributed by atoms with Crippen LogP contribution in [0.2, 0.25) is 0 Å². The Morgan fingerprint density at radius 3 is 1.77 bits per heavy atom. The van der Waals surface area contributed by atoms with E-state index in [0.717, 1.165) is 17.6 Å². The summed E-state index contributed by atoms with van der Waals surface area (Å²) in [6.45, 7) is 4.96. The molecule has 0 aliphatic carbocycles. The van der Waals surface area contributed by atoms with Crippen molar-refractivity contribution in [1.82, 2.24) is 0 Å². The molecule has 0 spiro atoms. The van der Waals surface area contributed by atoms with E-state index in [9.17, 15) is 10.1 Å². The number of nitro benzene ring substituents is 1. The van der Waals surface area contributed by atoms with Crippen LogP contribution in [-0.4, -0.2) is 43.1 Å². The lowest BCUT2D eigenvalue weighted by molar-refractivity contribution is -0.888. The second kappa shape index (κ2) is 19.1. The van der Waals surface area contributed by atoms with Gasteiger partial charge in [-0.05, 0) is 25.0 Å². The summed E-state index contributed by atoms with van der Waals surface area (Å²) >= 11 is 0. The van der Waals surface area contributed by atoms with Crippen molar-refractivity contribution in [2.45, 2.75) is 110 Å². The molecule has 0 heterocycles. The minimum Gasteiger partial charge on any atom is -0.374 e. The summed E-state index contributed by atoms with van der Waals surface area (Å²) in [5.74, 6) is 0. The van der Waals surface area contributed by atoms with Crippen LogP contribution in [0.25, 0.3) is 0 Å². The first-order valence-electron chi connectivity index (χ1n) is 14.1. The number of unbranched alkanes of at least 4 members (excludes halogenated alkanes) is 15. The summed E-state index contributed by atoms with van der Waals surface area (Å²) in [5.41, 5.74) is 0.755. The second-order valence-corrected chi connectivity index (χ2v) is 10.7. The molecule has 0 unspecified atom stereocenters. The first kappa shape index (κ1) is 30.9. The van der Waals surface area contributed by atoms with Gasteiger partial charge in [0.25, 0.3) is 5.69 Å². The number of nitrogens with zero attached hydrogens (tertiary/aromatic N) is 3. The molecular weight excluding hydrogens is 436 g/mol. The zero-order valence-corrected chi connectivity index (χ0v) is 22.8. The van der Waals surface area contributed by atoms with Crippen molar-refractivity contribution in [1.29, 1.82) is 5.26 Å². The fraction of sp³-hybridized carbons (Fsp3) is 0.759. The van der Waals surface area contributed by atoms with Gasteiger partial charge in [0.1, 0.15) is 5.69 Å². The molecule has 1 aromatic carbocycles. The van der Waals surface area contributed by atoms with E-state index in [2.05, 4.69) is 26.3 Å². The van der Waals surface area contributed by atoms with Crippen molar-refractivity contribution in [2.75, 3.05) is 39.0 Å². The van der Waals surface area contributed by atoms with E-state index in [1.165, 1.54) is 109 Å². The summed E-state index contributed by atoms with van der Waals surface area (Å²) in [7, 11) is 4.44.